The summed E-state index contributed by atoms with van der Waals surface area (Å²) in [5, 5.41) is 14.7. The number of nitrogens with zero attached hydrogens (tertiary/aromatic N) is 2. The van der Waals surface area contributed by atoms with Crippen molar-refractivity contribution in [2.75, 3.05) is 0 Å². The number of carboxylic acids is 1. The minimum atomic E-state index is -0.734. The van der Waals surface area contributed by atoms with E-state index in [4.69, 9.17) is 5.11 Å². The highest BCUT2D eigenvalue weighted by Gasteiger charge is 2.26. The zero-order valence-corrected chi connectivity index (χ0v) is 12.7. The first kappa shape index (κ1) is 15.3. The molecule has 0 atom stereocenters. The van der Waals surface area contributed by atoms with Crippen LogP contribution in [0.4, 0.5) is 4.79 Å². The predicted octanol–water partition coefficient (Wildman–Crippen LogP) is 1.78. The molecule has 2 aromatic rings. The number of fused-ring (bicyclic) bond motifs is 1. The molecule has 7 nitrogen and oxygen atoms in total. The van der Waals surface area contributed by atoms with E-state index in [0.29, 0.717) is 32.2 Å². The maximum atomic E-state index is 12.0. The minimum Gasteiger partial charge on any atom is -0.481 e. The lowest BCUT2D eigenvalue weighted by Crippen LogP contribution is -2.43. The summed E-state index contributed by atoms with van der Waals surface area (Å²) in [6, 6.07) is 3.75. The number of amides is 2. The number of urea groups is 1. The van der Waals surface area contributed by atoms with Gasteiger partial charge in [-0.05, 0) is 37.3 Å². The normalized spacial score (nSPS) is 21.0. The molecular weight excluding hydrogens is 296 g/mol. The van der Waals surface area contributed by atoms with Crippen LogP contribution >= 0.6 is 0 Å². The van der Waals surface area contributed by atoms with Crippen molar-refractivity contribution < 1.29 is 14.7 Å². The molecular formula is C16H20N4O3. The molecule has 0 saturated heterocycles. The van der Waals surface area contributed by atoms with Gasteiger partial charge in [-0.15, -0.1) is 0 Å². The number of pyridine rings is 1. The van der Waals surface area contributed by atoms with E-state index >= 15 is 0 Å². The zero-order valence-electron chi connectivity index (χ0n) is 12.7. The summed E-state index contributed by atoms with van der Waals surface area (Å²) < 4.78 is 1.90. The van der Waals surface area contributed by atoms with E-state index in [0.717, 1.165) is 11.1 Å². The number of rotatable bonds is 4. The van der Waals surface area contributed by atoms with Gasteiger partial charge in [-0.2, -0.15) is 0 Å². The summed E-state index contributed by atoms with van der Waals surface area (Å²) in [4.78, 5) is 26.9. The van der Waals surface area contributed by atoms with Gasteiger partial charge in [0.1, 0.15) is 0 Å². The fraction of sp³-hybridized carbons (Fsp3) is 0.438. The molecule has 7 heteroatoms. The Labute approximate surface area is 133 Å². The van der Waals surface area contributed by atoms with Crippen molar-refractivity contribution in [2.24, 2.45) is 5.92 Å². The smallest absolute Gasteiger partial charge is 0.315 e. The van der Waals surface area contributed by atoms with E-state index in [1.54, 1.807) is 12.5 Å². The summed E-state index contributed by atoms with van der Waals surface area (Å²) in [7, 11) is 0. The molecule has 0 unspecified atom stereocenters. The van der Waals surface area contributed by atoms with Gasteiger partial charge in [0.2, 0.25) is 0 Å². The molecule has 23 heavy (non-hydrogen) atoms. The Hall–Kier alpha value is -2.57. The van der Waals surface area contributed by atoms with Crippen molar-refractivity contribution in [2.45, 2.75) is 38.3 Å². The summed E-state index contributed by atoms with van der Waals surface area (Å²) in [5.74, 6) is -0.999. The molecule has 0 spiro atoms. The number of aromatic nitrogens is 2. The van der Waals surface area contributed by atoms with Crippen LogP contribution < -0.4 is 10.6 Å². The van der Waals surface area contributed by atoms with Gasteiger partial charge in [0, 0.05) is 18.8 Å². The molecule has 2 amide bonds. The van der Waals surface area contributed by atoms with E-state index < -0.39 is 5.97 Å². The third kappa shape index (κ3) is 3.80. The Kier molecular flexibility index (Phi) is 4.45. The number of carbonyl (C=O) groups excluding carboxylic acids is 1. The molecule has 3 rings (SSSR count). The number of hydrogen-bond donors (Lipinski definition) is 3. The quantitative estimate of drug-likeness (QED) is 0.801. The molecule has 2 heterocycles. The Bertz CT molecular complexity index is 704. The number of hydrogen-bond acceptors (Lipinski definition) is 3. The average Bonchev–Trinajstić information content (AvgIpc) is 3.01. The third-order valence-electron chi connectivity index (χ3n) is 4.33. The maximum absolute atomic E-state index is 12.0. The third-order valence-corrected chi connectivity index (χ3v) is 4.33. The molecule has 0 aromatic carbocycles. The van der Waals surface area contributed by atoms with E-state index in [1.807, 2.05) is 22.7 Å². The molecule has 0 radical (unpaired) electrons. The highest BCUT2D eigenvalue weighted by atomic mass is 16.4. The van der Waals surface area contributed by atoms with Gasteiger partial charge >= 0.3 is 12.0 Å². The van der Waals surface area contributed by atoms with Crippen molar-refractivity contribution in [1.82, 2.24) is 20.0 Å². The van der Waals surface area contributed by atoms with E-state index in [-0.39, 0.29) is 18.0 Å². The van der Waals surface area contributed by atoms with Crippen molar-refractivity contribution in [1.29, 1.82) is 0 Å². The van der Waals surface area contributed by atoms with Crippen molar-refractivity contribution in [3.8, 4) is 0 Å². The number of carbonyl (C=O) groups is 2. The van der Waals surface area contributed by atoms with Crippen LogP contribution in [0, 0.1) is 5.92 Å². The molecule has 1 fully saturated rings. The largest absolute Gasteiger partial charge is 0.481 e. The van der Waals surface area contributed by atoms with Crippen LogP contribution in [0.25, 0.3) is 5.52 Å². The van der Waals surface area contributed by atoms with Crippen LogP contribution in [0.2, 0.25) is 0 Å². The Morgan fingerprint density at radius 1 is 1.26 bits per heavy atom. The topological polar surface area (TPSA) is 95.7 Å². The SMILES string of the molecule is O=C(NCc1ccc2cncn2c1)NC1CCC(C(=O)O)CC1. The Morgan fingerprint density at radius 2 is 2.04 bits per heavy atom. The fourth-order valence-corrected chi connectivity index (χ4v) is 2.97. The molecule has 122 valence electrons. The number of nitrogens with one attached hydrogen (secondary N) is 2. The molecule has 0 aliphatic heterocycles. The number of aliphatic carboxylic acids is 1. The predicted molar refractivity (Wildman–Crippen MR) is 83.9 cm³/mol. The van der Waals surface area contributed by atoms with Crippen LogP contribution in [0.1, 0.15) is 31.2 Å². The monoisotopic (exact) mass is 316 g/mol. The summed E-state index contributed by atoms with van der Waals surface area (Å²) in [6.45, 7) is 0.435. The van der Waals surface area contributed by atoms with Gasteiger partial charge in [-0.3, -0.25) is 4.79 Å². The summed E-state index contributed by atoms with van der Waals surface area (Å²) in [5.41, 5.74) is 1.99. The first-order valence-electron chi connectivity index (χ1n) is 7.79. The minimum absolute atomic E-state index is 0.0572. The first-order chi connectivity index (χ1) is 11.1. The van der Waals surface area contributed by atoms with Crippen molar-refractivity contribution in [3.63, 3.8) is 0 Å². The van der Waals surface area contributed by atoms with Gasteiger partial charge < -0.3 is 20.1 Å². The standard InChI is InChI=1S/C16H20N4O3/c21-15(22)12-2-4-13(5-3-12)19-16(23)18-7-11-1-6-14-8-17-10-20(14)9-11/h1,6,8-10,12-13H,2-5,7H2,(H,21,22)(H2,18,19,23). The Balaban J connectivity index is 1.45. The molecule has 2 aromatic heterocycles. The van der Waals surface area contributed by atoms with Crippen LogP contribution in [0.15, 0.2) is 30.9 Å². The van der Waals surface area contributed by atoms with Gasteiger partial charge in [-0.25, -0.2) is 9.78 Å². The highest BCUT2D eigenvalue weighted by Crippen LogP contribution is 2.24. The highest BCUT2D eigenvalue weighted by molar-refractivity contribution is 5.74. The van der Waals surface area contributed by atoms with Crippen LogP contribution in [-0.4, -0.2) is 32.5 Å². The van der Waals surface area contributed by atoms with Gasteiger partial charge in [0.05, 0.1) is 24.0 Å². The molecule has 1 aliphatic rings. The van der Waals surface area contributed by atoms with Gasteiger partial charge in [-0.1, -0.05) is 6.07 Å². The number of imidazole rings is 1. The van der Waals surface area contributed by atoms with E-state index in [9.17, 15) is 9.59 Å². The van der Waals surface area contributed by atoms with Crippen LogP contribution in [0.3, 0.4) is 0 Å². The van der Waals surface area contributed by atoms with Gasteiger partial charge in [0.15, 0.2) is 0 Å². The average molecular weight is 316 g/mol. The fourth-order valence-electron chi connectivity index (χ4n) is 2.97. The van der Waals surface area contributed by atoms with Crippen LogP contribution in [0.5, 0.6) is 0 Å². The van der Waals surface area contributed by atoms with E-state index in [1.165, 1.54) is 0 Å². The maximum Gasteiger partial charge on any atom is 0.315 e. The van der Waals surface area contributed by atoms with Gasteiger partial charge in [0.25, 0.3) is 0 Å². The second kappa shape index (κ2) is 6.68. The lowest BCUT2D eigenvalue weighted by molar-refractivity contribution is -0.142. The summed E-state index contributed by atoms with van der Waals surface area (Å²) >= 11 is 0. The molecule has 1 aliphatic carbocycles. The van der Waals surface area contributed by atoms with Crippen LogP contribution in [-0.2, 0) is 11.3 Å². The second-order valence-corrected chi connectivity index (χ2v) is 5.98. The lowest BCUT2D eigenvalue weighted by atomic mass is 9.86. The van der Waals surface area contributed by atoms with Crippen molar-refractivity contribution in [3.05, 3.63) is 36.4 Å². The Morgan fingerprint density at radius 3 is 2.78 bits per heavy atom. The molecule has 1 saturated carbocycles. The van der Waals surface area contributed by atoms with E-state index in [2.05, 4.69) is 15.6 Å². The molecule has 0 bridgehead atoms. The zero-order chi connectivity index (χ0) is 16.2. The van der Waals surface area contributed by atoms with Crippen molar-refractivity contribution >= 4 is 17.5 Å². The number of carboxylic acid groups (broad SMARTS) is 1. The lowest BCUT2D eigenvalue weighted by Gasteiger charge is -2.26. The summed E-state index contributed by atoms with van der Waals surface area (Å²) in [6.07, 6.45) is 8.10. The molecule has 3 N–H and O–H groups in total. The second-order valence-electron chi connectivity index (χ2n) is 5.98. The first-order valence-corrected chi connectivity index (χ1v) is 7.79.